The first-order valence-corrected chi connectivity index (χ1v) is 41.2. The Labute approximate surface area is 619 Å². The predicted octanol–water partition coefficient (Wildman–Crippen LogP) is 11.1. The van der Waals surface area contributed by atoms with Crippen LogP contribution in [-0.2, 0) is 42.8 Å². The number of ether oxygens (including phenoxy) is 6. The van der Waals surface area contributed by atoms with Gasteiger partial charge in [0, 0.05) is 19.8 Å². The van der Waals surface area contributed by atoms with Crippen molar-refractivity contribution in [3.05, 3.63) is 24.3 Å². The lowest BCUT2D eigenvalue weighted by molar-refractivity contribution is -0.386. The van der Waals surface area contributed by atoms with Gasteiger partial charge in [0.2, 0.25) is 11.8 Å². The molecule has 604 valence electrons. The smallest absolute Gasteiger partial charge is 0.364 e. The monoisotopic (exact) mass is 1470 g/mol. The highest BCUT2D eigenvalue weighted by atomic mass is 16.8. The van der Waals surface area contributed by atoms with Crippen LogP contribution in [0.15, 0.2) is 24.3 Å². The average Bonchev–Trinajstić information content (AvgIpc) is 0.757. The molecule has 3 aliphatic heterocycles. The maximum absolute atomic E-state index is 13.5. The lowest BCUT2D eigenvalue weighted by Gasteiger charge is -2.50. The van der Waals surface area contributed by atoms with Gasteiger partial charge in [-0.25, -0.2) is 4.79 Å². The van der Waals surface area contributed by atoms with Crippen LogP contribution in [0.5, 0.6) is 0 Å². The van der Waals surface area contributed by atoms with Crippen LogP contribution >= 0.6 is 0 Å². The van der Waals surface area contributed by atoms with E-state index in [0.717, 1.165) is 64.7 Å². The number of nitrogens with one attached hydrogen (secondary N) is 2. The van der Waals surface area contributed by atoms with E-state index in [-0.39, 0.29) is 18.9 Å². The Hall–Kier alpha value is -2.79. The number of carbonyl (C=O) groups excluding carboxylic acids is 2. The lowest BCUT2D eigenvalue weighted by atomic mass is 9.88. The van der Waals surface area contributed by atoms with Gasteiger partial charge in [0.1, 0.15) is 67.1 Å². The third-order valence-corrected chi connectivity index (χ3v) is 20.9. The number of allylic oxidation sites excluding steroid dienone is 4. The minimum absolute atomic E-state index is 0.225. The van der Waals surface area contributed by atoms with Gasteiger partial charge in [0.25, 0.3) is 5.79 Å². The van der Waals surface area contributed by atoms with E-state index in [2.05, 4.69) is 48.8 Å². The Bertz CT molecular complexity index is 2150. The van der Waals surface area contributed by atoms with Crippen LogP contribution in [0.3, 0.4) is 0 Å². The van der Waals surface area contributed by atoms with Crippen LogP contribution in [0, 0.1) is 0 Å². The molecule has 0 aromatic rings. The second-order valence-corrected chi connectivity index (χ2v) is 30.0. The van der Waals surface area contributed by atoms with Gasteiger partial charge in [-0.15, -0.1) is 0 Å². The predicted molar refractivity (Wildman–Crippen MR) is 398 cm³/mol. The van der Waals surface area contributed by atoms with Gasteiger partial charge >= 0.3 is 5.97 Å². The molecule has 2 amide bonds. The number of aliphatic hydroxyl groups is 11. The minimum atomic E-state index is -3.08. The van der Waals surface area contributed by atoms with Gasteiger partial charge < -0.3 is 100 Å². The molecule has 0 aromatic carbocycles. The van der Waals surface area contributed by atoms with Gasteiger partial charge in [-0.3, -0.25) is 9.59 Å². The summed E-state index contributed by atoms with van der Waals surface area (Å²) >= 11 is 0. The van der Waals surface area contributed by atoms with Gasteiger partial charge in [0.15, 0.2) is 12.6 Å². The Balaban J connectivity index is 1.40. The molecule has 0 bridgehead atoms. The number of aliphatic carboxylic acids is 1. The fraction of sp³-hybridized carbons (Fsp3) is 0.912. The van der Waals surface area contributed by atoms with E-state index in [0.29, 0.717) is 19.3 Å². The van der Waals surface area contributed by atoms with Crippen LogP contribution in [0.4, 0.5) is 0 Å². The van der Waals surface area contributed by atoms with Crippen LogP contribution in [0.1, 0.15) is 329 Å². The molecular weight excluding hydrogens is 1320 g/mol. The number of aliphatic hydroxyl groups excluding tert-OH is 11. The van der Waals surface area contributed by atoms with Gasteiger partial charge in [-0.1, -0.05) is 289 Å². The Morgan fingerprint density at radius 1 is 0.505 bits per heavy atom. The van der Waals surface area contributed by atoms with Crippen LogP contribution in [0.2, 0.25) is 0 Å². The first-order valence-electron chi connectivity index (χ1n) is 41.2. The summed E-state index contributed by atoms with van der Waals surface area (Å²) in [6.45, 7) is 2.22. The Kier molecular flexibility index (Phi) is 54.2. The summed E-state index contributed by atoms with van der Waals surface area (Å²) in [7, 11) is 0. The molecular formula is C80H148N2O21. The number of unbranched alkanes of at least 4 members (excludes halogenated alkanes) is 41. The van der Waals surface area contributed by atoms with Crippen molar-refractivity contribution in [2.45, 2.75) is 439 Å². The summed E-state index contributed by atoms with van der Waals surface area (Å²) < 4.78 is 34.9. The van der Waals surface area contributed by atoms with E-state index in [4.69, 9.17) is 28.4 Å². The van der Waals surface area contributed by atoms with Crippen LogP contribution in [0.25, 0.3) is 0 Å². The van der Waals surface area contributed by atoms with Crippen LogP contribution in [-0.4, -0.2) is 215 Å². The number of carboxylic acids is 1. The molecule has 0 spiro atoms. The van der Waals surface area contributed by atoms with Crippen LogP contribution < -0.4 is 10.6 Å². The SMILES string of the molecule is CCCCCCCCCCCCCCC/C=C\C/C=C\CCCCCCCCCCCCCCCCCCCC(=O)NC(COC1OC(CO)C(OC2OC(CO)C(O)C(OC3(C(=O)O)CC(O)C(NC(C)=O)C(C(O)C(O)CO)O3)C2O)C(O)C1O)C(O)CCCCCCCCCCCCCC. The normalized spacial score (nSPS) is 26.6. The van der Waals surface area contributed by atoms with Gasteiger partial charge in [-0.2, -0.15) is 0 Å². The first-order chi connectivity index (χ1) is 49.9. The molecule has 18 atom stereocenters. The molecule has 23 nitrogen and oxygen atoms in total. The molecule has 14 N–H and O–H groups in total. The average molecular weight is 1470 g/mol. The van der Waals surface area contributed by atoms with E-state index >= 15 is 0 Å². The number of rotatable bonds is 65. The third-order valence-electron chi connectivity index (χ3n) is 20.9. The maximum atomic E-state index is 13.5. The molecule has 0 saturated carbocycles. The summed E-state index contributed by atoms with van der Waals surface area (Å²) in [6.07, 6.45) is 36.5. The summed E-state index contributed by atoms with van der Waals surface area (Å²) in [5.74, 6) is -6.10. The third kappa shape index (κ3) is 39.4. The second kappa shape index (κ2) is 59.1. The van der Waals surface area contributed by atoms with Crippen molar-refractivity contribution in [3.8, 4) is 0 Å². The van der Waals surface area contributed by atoms with Crippen molar-refractivity contribution in [2.24, 2.45) is 0 Å². The zero-order chi connectivity index (χ0) is 75.3. The number of hydrogen-bond acceptors (Lipinski definition) is 20. The topological polar surface area (TPSA) is 373 Å². The molecule has 3 saturated heterocycles. The molecule has 3 aliphatic rings. The molecule has 0 aromatic heterocycles. The van der Waals surface area contributed by atoms with Crippen molar-refractivity contribution in [1.29, 1.82) is 0 Å². The molecule has 18 unspecified atom stereocenters. The van der Waals surface area contributed by atoms with E-state index < -0.39 is 148 Å². The standard InChI is InChI=1S/C80H148N2O21/c1-4-6-8-10-12-14-16-18-19-20-21-22-23-24-25-26-27-28-29-30-31-32-33-34-35-36-37-38-39-40-41-42-44-46-48-50-52-54-67(90)82-61(62(87)53-51-49-47-45-43-17-15-13-11-9-7-5-2)59-98-77-72(94)71(93)74(66(58-85)100-77)101-78-73(95)76(70(92)65(57-84)99-78)103-80(79(96)97)55-63(88)68(81-60(3)86)75(102-80)69(91)64(89)56-83/h25-26,28-29,61-66,68-78,83-85,87-89,91-95H,4-24,27,30-59H2,1-3H3,(H,81,86)(H,82,90)(H,96,97)/b26-25-,29-28-. The summed E-state index contributed by atoms with van der Waals surface area (Å²) in [5, 5.41) is 136. The highest BCUT2D eigenvalue weighted by Gasteiger charge is 2.60. The van der Waals surface area contributed by atoms with Gasteiger partial charge in [0.05, 0.1) is 50.7 Å². The Morgan fingerprint density at radius 3 is 1.36 bits per heavy atom. The van der Waals surface area contributed by atoms with E-state index in [1.807, 2.05) is 0 Å². The van der Waals surface area contributed by atoms with E-state index in [1.54, 1.807) is 0 Å². The summed E-state index contributed by atoms with van der Waals surface area (Å²) in [4.78, 5) is 38.6. The van der Waals surface area contributed by atoms with E-state index in [1.165, 1.54) is 218 Å². The number of carbonyl (C=O) groups is 3. The molecule has 23 heteroatoms. The molecule has 3 fully saturated rings. The highest BCUT2D eigenvalue weighted by Crippen LogP contribution is 2.39. The molecule has 3 heterocycles. The molecule has 103 heavy (non-hydrogen) atoms. The van der Waals surface area contributed by atoms with Crippen molar-refractivity contribution < 1.29 is 104 Å². The van der Waals surface area contributed by atoms with Crippen molar-refractivity contribution in [3.63, 3.8) is 0 Å². The summed E-state index contributed by atoms with van der Waals surface area (Å²) in [5.41, 5.74) is 0. The zero-order valence-electron chi connectivity index (χ0n) is 63.9. The first kappa shape index (κ1) is 94.4. The van der Waals surface area contributed by atoms with E-state index in [9.17, 15) is 75.7 Å². The van der Waals surface area contributed by atoms with Gasteiger partial charge in [-0.05, 0) is 44.9 Å². The largest absolute Gasteiger partial charge is 0.477 e. The fourth-order valence-electron chi connectivity index (χ4n) is 14.4. The second-order valence-electron chi connectivity index (χ2n) is 30.0. The maximum Gasteiger partial charge on any atom is 0.364 e. The molecule has 0 radical (unpaired) electrons. The quantitative estimate of drug-likeness (QED) is 0.0199. The molecule has 0 aliphatic carbocycles. The Morgan fingerprint density at radius 2 is 0.932 bits per heavy atom. The van der Waals surface area contributed by atoms with Crippen molar-refractivity contribution >= 4 is 17.8 Å². The zero-order valence-corrected chi connectivity index (χ0v) is 63.9. The summed E-state index contributed by atoms with van der Waals surface area (Å²) in [6, 6.07) is -2.53. The van der Waals surface area contributed by atoms with Crippen molar-refractivity contribution in [2.75, 3.05) is 26.4 Å². The highest BCUT2D eigenvalue weighted by molar-refractivity contribution is 5.77. The molecule has 3 rings (SSSR count). The number of carboxylic acid groups (broad SMARTS) is 1. The van der Waals surface area contributed by atoms with Crippen molar-refractivity contribution in [1.82, 2.24) is 10.6 Å². The lowest BCUT2D eigenvalue weighted by Crippen LogP contribution is -2.70. The minimum Gasteiger partial charge on any atom is -0.477 e. The number of amides is 2. The number of hydrogen-bond donors (Lipinski definition) is 14. The fourth-order valence-corrected chi connectivity index (χ4v) is 14.4.